The van der Waals surface area contributed by atoms with E-state index in [0.29, 0.717) is 0 Å². The SMILES string of the molecule is CCCCCCCCc1ncc(-c2ccc(Oc3ccc(-c4cnc(CCCCCCCC)nc4)cc3CCCC[Si](C)(C)CC)c(CCCC[Si](C)(C)CC)c2)cn1. The van der Waals surface area contributed by atoms with Crippen LogP contribution < -0.4 is 4.74 Å². The monoisotopic (exact) mass is 835 g/mol. The number of benzene rings is 2. The van der Waals surface area contributed by atoms with Gasteiger partial charge in [0.05, 0.1) is 0 Å². The van der Waals surface area contributed by atoms with Crippen LogP contribution in [0.3, 0.4) is 0 Å². The molecule has 0 saturated carbocycles. The maximum Gasteiger partial charge on any atom is 0.130 e. The highest BCUT2D eigenvalue weighted by atomic mass is 28.3. The Bertz CT molecular complexity index is 1630. The van der Waals surface area contributed by atoms with Crippen LogP contribution in [-0.2, 0) is 25.7 Å². The van der Waals surface area contributed by atoms with Crippen molar-refractivity contribution in [3.05, 3.63) is 84.0 Å². The Morgan fingerprint density at radius 3 is 1.14 bits per heavy atom. The van der Waals surface area contributed by atoms with E-state index in [4.69, 9.17) is 24.7 Å². The molecular weight excluding hydrogens is 753 g/mol. The van der Waals surface area contributed by atoms with E-state index in [2.05, 4.69) is 90.3 Å². The first-order chi connectivity index (χ1) is 28.6. The summed E-state index contributed by atoms with van der Waals surface area (Å²) >= 11 is 0. The third-order valence-electron chi connectivity index (χ3n) is 12.9. The minimum Gasteiger partial charge on any atom is -0.457 e. The second-order valence-electron chi connectivity index (χ2n) is 19.0. The van der Waals surface area contributed by atoms with Gasteiger partial charge in [0, 0.05) is 64.9 Å². The summed E-state index contributed by atoms with van der Waals surface area (Å²) in [5, 5.41) is 0. The molecule has 0 aliphatic carbocycles. The zero-order valence-electron chi connectivity index (χ0n) is 38.9. The summed E-state index contributed by atoms with van der Waals surface area (Å²) in [4.78, 5) is 19.2. The Hall–Kier alpha value is -3.17. The van der Waals surface area contributed by atoms with Gasteiger partial charge < -0.3 is 4.74 Å². The Morgan fingerprint density at radius 1 is 0.407 bits per heavy atom. The number of rotatable bonds is 30. The number of nitrogens with zero attached hydrogens (tertiary/aromatic N) is 4. The average Bonchev–Trinajstić information content (AvgIpc) is 3.25. The van der Waals surface area contributed by atoms with Crippen LogP contribution in [0, 0.1) is 0 Å². The fourth-order valence-corrected chi connectivity index (χ4v) is 10.9. The summed E-state index contributed by atoms with van der Waals surface area (Å²) in [5.74, 6) is 3.85. The van der Waals surface area contributed by atoms with E-state index in [1.54, 1.807) is 0 Å². The summed E-state index contributed by atoms with van der Waals surface area (Å²) in [6.07, 6.45) is 32.3. The summed E-state index contributed by atoms with van der Waals surface area (Å²) in [6, 6.07) is 18.9. The maximum absolute atomic E-state index is 7.01. The predicted molar refractivity (Wildman–Crippen MR) is 261 cm³/mol. The fraction of sp³-hybridized carbons (Fsp3) is 0.615. The largest absolute Gasteiger partial charge is 0.457 e. The molecule has 324 valence electrons. The van der Waals surface area contributed by atoms with E-state index in [9.17, 15) is 0 Å². The summed E-state index contributed by atoms with van der Waals surface area (Å²) in [6.45, 7) is 19.4. The number of ether oxygens (including phenoxy) is 1. The Kier molecular flexibility index (Phi) is 21.6. The van der Waals surface area contributed by atoms with Gasteiger partial charge in [-0.15, -0.1) is 0 Å². The lowest BCUT2D eigenvalue weighted by Gasteiger charge is -2.21. The zero-order valence-corrected chi connectivity index (χ0v) is 40.9. The van der Waals surface area contributed by atoms with Gasteiger partial charge in [-0.05, 0) is 85.0 Å². The molecule has 0 spiro atoms. The minimum atomic E-state index is -1.12. The van der Waals surface area contributed by atoms with E-state index >= 15 is 0 Å². The molecule has 0 radical (unpaired) electrons. The van der Waals surface area contributed by atoms with Gasteiger partial charge >= 0.3 is 0 Å². The molecular formula is C52H82N4OSi2. The Morgan fingerprint density at radius 2 is 0.763 bits per heavy atom. The molecule has 4 aromatic rings. The van der Waals surface area contributed by atoms with Crippen molar-refractivity contribution in [3.63, 3.8) is 0 Å². The van der Waals surface area contributed by atoms with Crippen LogP contribution in [0.5, 0.6) is 11.5 Å². The topological polar surface area (TPSA) is 60.8 Å². The molecule has 2 aromatic heterocycles. The van der Waals surface area contributed by atoms with Gasteiger partial charge in [-0.1, -0.05) is 167 Å². The van der Waals surface area contributed by atoms with Crippen molar-refractivity contribution in [3.8, 4) is 33.8 Å². The number of aromatic nitrogens is 4. The summed E-state index contributed by atoms with van der Waals surface area (Å²) in [5.41, 5.74) is 7.03. The lowest BCUT2D eigenvalue weighted by atomic mass is 10.00. The smallest absolute Gasteiger partial charge is 0.130 e. The number of hydrogen-bond acceptors (Lipinski definition) is 5. The van der Waals surface area contributed by atoms with Gasteiger partial charge in [0.25, 0.3) is 0 Å². The van der Waals surface area contributed by atoms with E-state index in [-0.39, 0.29) is 0 Å². The van der Waals surface area contributed by atoms with Gasteiger partial charge in [0.15, 0.2) is 0 Å². The Balaban J connectivity index is 1.55. The van der Waals surface area contributed by atoms with Crippen LogP contribution in [0.4, 0.5) is 0 Å². The molecule has 2 aromatic carbocycles. The lowest BCUT2D eigenvalue weighted by molar-refractivity contribution is 0.468. The van der Waals surface area contributed by atoms with Crippen molar-refractivity contribution >= 4 is 16.1 Å². The fourth-order valence-electron chi connectivity index (χ4n) is 7.81. The second-order valence-corrected chi connectivity index (χ2v) is 30.1. The quantitative estimate of drug-likeness (QED) is 0.0387. The molecule has 0 aliphatic heterocycles. The highest BCUT2D eigenvalue weighted by Crippen LogP contribution is 2.36. The number of unbranched alkanes of at least 4 members (excludes halogenated alkanes) is 12. The van der Waals surface area contributed by atoms with Crippen LogP contribution in [0.25, 0.3) is 22.3 Å². The molecule has 0 bridgehead atoms. The van der Waals surface area contributed by atoms with Crippen molar-refractivity contribution in [2.24, 2.45) is 0 Å². The third kappa shape index (κ3) is 17.8. The molecule has 0 aliphatic rings. The predicted octanol–water partition coefficient (Wildman–Crippen LogP) is 16.3. The first-order valence-electron chi connectivity index (χ1n) is 24.1. The third-order valence-corrected chi connectivity index (χ3v) is 20.2. The zero-order chi connectivity index (χ0) is 42.4. The van der Waals surface area contributed by atoms with Gasteiger partial charge in [-0.2, -0.15) is 0 Å². The Labute approximate surface area is 363 Å². The summed E-state index contributed by atoms with van der Waals surface area (Å²) in [7, 11) is -2.24. The van der Waals surface area contributed by atoms with Crippen LogP contribution in [0.2, 0.25) is 50.4 Å². The van der Waals surface area contributed by atoms with Crippen molar-refractivity contribution in [1.82, 2.24) is 19.9 Å². The van der Waals surface area contributed by atoms with Gasteiger partial charge in [0.1, 0.15) is 23.1 Å². The van der Waals surface area contributed by atoms with Gasteiger partial charge in [0.2, 0.25) is 0 Å². The first-order valence-corrected chi connectivity index (χ1v) is 31.0. The molecule has 7 heteroatoms. The molecule has 2 heterocycles. The highest BCUT2D eigenvalue weighted by molar-refractivity contribution is 6.77. The van der Waals surface area contributed by atoms with Crippen LogP contribution in [0.1, 0.15) is 153 Å². The maximum atomic E-state index is 7.01. The van der Waals surface area contributed by atoms with Crippen molar-refractivity contribution in [2.75, 3.05) is 0 Å². The molecule has 5 nitrogen and oxygen atoms in total. The molecule has 0 saturated heterocycles. The molecule has 0 fully saturated rings. The number of aryl methyl sites for hydroxylation is 4. The van der Waals surface area contributed by atoms with Crippen molar-refractivity contribution in [2.45, 2.75) is 206 Å². The van der Waals surface area contributed by atoms with Crippen LogP contribution in [-0.4, -0.2) is 36.1 Å². The molecule has 59 heavy (non-hydrogen) atoms. The number of hydrogen-bond donors (Lipinski definition) is 0. The van der Waals surface area contributed by atoms with Crippen molar-refractivity contribution < 1.29 is 4.74 Å². The molecule has 0 unspecified atom stereocenters. The van der Waals surface area contributed by atoms with Crippen LogP contribution >= 0.6 is 0 Å². The second kappa shape index (κ2) is 26.2. The van der Waals surface area contributed by atoms with E-state index in [0.717, 1.165) is 72.8 Å². The van der Waals surface area contributed by atoms with E-state index in [1.165, 1.54) is 136 Å². The van der Waals surface area contributed by atoms with Crippen LogP contribution in [0.15, 0.2) is 61.2 Å². The van der Waals surface area contributed by atoms with E-state index < -0.39 is 16.1 Å². The molecule has 0 atom stereocenters. The first kappa shape index (κ1) is 48.5. The van der Waals surface area contributed by atoms with Crippen molar-refractivity contribution in [1.29, 1.82) is 0 Å². The normalized spacial score (nSPS) is 12.0. The molecule has 0 amide bonds. The standard InChI is InChI=1S/C52H82N4OSi2/c1-9-13-15-17-19-21-29-51-53-39-47(40-54-51)43-31-33-49(45(37-43)27-23-25-35-58(5,6)11-3)57-50-34-32-44(38-46(50)28-24-26-36-59(7,8)12-4)48-41-55-52(56-42-48)30-22-20-18-16-14-10-2/h31-34,37-42H,9-30,35-36H2,1-8H3. The molecule has 4 rings (SSSR count). The van der Waals surface area contributed by atoms with Gasteiger partial charge in [-0.3, -0.25) is 0 Å². The minimum absolute atomic E-state index is 0.957. The van der Waals surface area contributed by atoms with Gasteiger partial charge in [-0.25, -0.2) is 19.9 Å². The lowest BCUT2D eigenvalue weighted by Crippen LogP contribution is -2.23. The summed E-state index contributed by atoms with van der Waals surface area (Å²) < 4.78 is 7.01. The highest BCUT2D eigenvalue weighted by Gasteiger charge is 2.19. The average molecular weight is 835 g/mol. The van der Waals surface area contributed by atoms with E-state index in [1.807, 2.05) is 24.8 Å². The molecule has 0 N–H and O–H groups in total.